The number of aliphatic hydroxyl groups excluding tert-OH is 1. The summed E-state index contributed by atoms with van der Waals surface area (Å²) in [5.41, 5.74) is 0.534. The summed E-state index contributed by atoms with van der Waals surface area (Å²) in [7, 11) is 0. The Labute approximate surface area is 123 Å². The number of rotatable bonds is 7. The molecule has 0 aliphatic rings. The van der Waals surface area contributed by atoms with E-state index in [4.69, 9.17) is 9.15 Å². The van der Waals surface area contributed by atoms with E-state index in [1.54, 1.807) is 12.1 Å². The van der Waals surface area contributed by atoms with Crippen LogP contribution in [-0.2, 0) is 0 Å². The molecule has 0 saturated heterocycles. The minimum Gasteiger partial charge on any atom is -0.487 e. The lowest BCUT2D eigenvalue weighted by molar-refractivity contribution is 0.0985. The fourth-order valence-electron chi connectivity index (χ4n) is 1.94. The predicted molar refractivity (Wildman–Crippen MR) is 80.9 cm³/mol. The lowest BCUT2D eigenvalue weighted by Crippen LogP contribution is -2.35. The largest absolute Gasteiger partial charge is 0.487 e. The third kappa shape index (κ3) is 4.06. The molecule has 0 saturated carbocycles. The van der Waals surface area contributed by atoms with Crippen molar-refractivity contribution in [2.75, 3.05) is 13.2 Å². The average molecular weight is 291 g/mol. The number of ether oxygens (including phenoxy) is 1. The zero-order valence-electron chi connectivity index (χ0n) is 12.6. The van der Waals surface area contributed by atoms with Gasteiger partial charge >= 0.3 is 0 Å². The van der Waals surface area contributed by atoms with E-state index in [1.165, 1.54) is 6.92 Å². The number of hydrogen-bond donors (Lipinski definition) is 2. The van der Waals surface area contributed by atoms with Gasteiger partial charge in [0.15, 0.2) is 22.9 Å². The van der Waals surface area contributed by atoms with Crippen LogP contribution in [0.1, 0.15) is 31.3 Å². The van der Waals surface area contributed by atoms with Gasteiger partial charge in [-0.1, -0.05) is 26.0 Å². The highest BCUT2D eigenvalue weighted by atomic mass is 16.5. The molecule has 1 aromatic heterocycles. The second-order valence-corrected chi connectivity index (χ2v) is 5.37. The van der Waals surface area contributed by atoms with Gasteiger partial charge in [-0.05, 0) is 12.1 Å². The molecule has 0 spiro atoms. The predicted octanol–water partition coefficient (Wildman–Crippen LogP) is 2.37. The van der Waals surface area contributed by atoms with Gasteiger partial charge in [0.1, 0.15) is 12.7 Å². The van der Waals surface area contributed by atoms with Gasteiger partial charge in [-0.3, -0.25) is 4.79 Å². The number of para-hydroxylation sites is 1. The summed E-state index contributed by atoms with van der Waals surface area (Å²) in [5.74, 6) is 0.713. The van der Waals surface area contributed by atoms with Gasteiger partial charge in [-0.25, -0.2) is 0 Å². The molecule has 0 radical (unpaired) electrons. The number of furan rings is 1. The van der Waals surface area contributed by atoms with E-state index in [1.807, 2.05) is 26.0 Å². The first-order valence-electron chi connectivity index (χ1n) is 7.05. The van der Waals surface area contributed by atoms with Gasteiger partial charge in [-0.15, -0.1) is 0 Å². The zero-order valence-corrected chi connectivity index (χ0v) is 12.6. The number of carbonyl (C=O) groups is 1. The quantitative estimate of drug-likeness (QED) is 0.766. The van der Waals surface area contributed by atoms with E-state index < -0.39 is 6.10 Å². The van der Waals surface area contributed by atoms with Crippen LogP contribution < -0.4 is 10.1 Å². The topological polar surface area (TPSA) is 71.7 Å². The highest BCUT2D eigenvalue weighted by Crippen LogP contribution is 2.29. The van der Waals surface area contributed by atoms with Crippen molar-refractivity contribution in [3.05, 3.63) is 30.0 Å². The lowest BCUT2D eigenvalue weighted by atomic mass is 10.2. The molecule has 0 aliphatic carbocycles. The average Bonchev–Trinajstić information content (AvgIpc) is 2.87. The Bertz CT molecular complexity index is 618. The molecule has 1 heterocycles. The van der Waals surface area contributed by atoms with E-state index in [9.17, 15) is 9.90 Å². The summed E-state index contributed by atoms with van der Waals surface area (Å²) in [4.78, 5) is 11.4. The molecule has 0 fully saturated rings. The monoisotopic (exact) mass is 291 g/mol. The number of Topliss-reactive ketones (excluding diaryl/α,β-unsaturated/α-hetero) is 1. The minimum absolute atomic E-state index is 0.127. The van der Waals surface area contributed by atoms with Crippen molar-refractivity contribution in [3.63, 3.8) is 0 Å². The Kier molecular flexibility index (Phi) is 4.98. The number of nitrogens with one attached hydrogen (secondary N) is 1. The highest BCUT2D eigenvalue weighted by Gasteiger charge is 2.13. The van der Waals surface area contributed by atoms with Gasteiger partial charge in [0.2, 0.25) is 0 Å². The molecule has 1 aromatic carbocycles. The van der Waals surface area contributed by atoms with Crippen LogP contribution in [0.15, 0.2) is 28.7 Å². The number of carbonyl (C=O) groups excluding carboxylic acids is 1. The summed E-state index contributed by atoms with van der Waals surface area (Å²) in [6.45, 7) is 6.11. The summed E-state index contributed by atoms with van der Waals surface area (Å²) < 4.78 is 11.1. The Morgan fingerprint density at radius 3 is 2.86 bits per heavy atom. The van der Waals surface area contributed by atoms with Crippen molar-refractivity contribution in [3.8, 4) is 5.75 Å². The van der Waals surface area contributed by atoms with Crippen LogP contribution >= 0.6 is 0 Å². The maximum Gasteiger partial charge on any atom is 0.194 e. The van der Waals surface area contributed by atoms with Gasteiger partial charge in [-0.2, -0.15) is 0 Å². The number of aliphatic hydroxyl groups is 1. The lowest BCUT2D eigenvalue weighted by Gasteiger charge is -2.15. The van der Waals surface area contributed by atoms with Crippen LogP contribution in [0.4, 0.5) is 0 Å². The molecule has 0 bridgehead atoms. The maximum absolute atomic E-state index is 11.4. The van der Waals surface area contributed by atoms with Crippen molar-refractivity contribution < 1.29 is 19.1 Å². The van der Waals surface area contributed by atoms with E-state index in [-0.39, 0.29) is 12.4 Å². The smallest absolute Gasteiger partial charge is 0.194 e. The normalized spacial score (nSPS) is 12.8. The standard InChI is InChI=1S/C16H21NO4/c1-10(2)17-8-13(19)9-20-14-6-4-5-12-7-15(11(3)18)21-16(12)14/h4-7,10,13,17,19H,8-9H2,1-3H3. The van der Waals surface area contributed by atoms with Crippen molar-refractivity contribution in [1.82, 2.24) is 5.32 Å². The van der Waals surface area contributed by atoms with E-state index in [2.05, 4.69) is 5.32 Å². The first kappa shape index (κ1) is 15.5. The first-order valence-corrected chi connectivity index (χ1v) is 7.05. The summed E-state index contributed by atoms with van der Waals surface area (Å²) in [6, 6.07) is 7.45. The van der Waals surface area contributed by atoms with Crippen LogP contribution in [0.3, 0.4) is 0 Å². The fraction of sp³-hybridized carbons (Fsp3) is 0.438. The van der Waals surface area contributed by atoms with Crippen molar-refractivity contribution in [2.24, 2.45) is 0 Å². The Morgan fingerprint density at radius 1 is 1.43 bits per heavy atom. The molecule has 2 N–H and O–H groups in total. The number of hydrogen-bond acceptors (Lipinski definition) is 5. The molecule has 1 unspecified atom stereocenters. The molecule has 2 rings (SSSR count). The molecular weight excluding hydrogens is 270 g/mol. The van der Waals surface area contributed by atoms with Crippen molar-refractivity contribution >= 4 is 16.8 Å². The second-order valence-electron chi connectivity index (χ2n) is 5.37. The summed E-state index contributed by atoms with van der Waals surface area (Å²) in [5, 5.41) is 13.8. The van der Waals surface area contributed by atoms with E-state index in [0.29, 0.717) is 29.7 Å². The maximum atomic E-state index is 11.4. The first-order chi connectivity index (χ1) is 9.97. The summed E-state index contributed by atoms with van der Waals surface area (Å²) in [6.07, 6.45) is -0.607. The molecule has 5 heteroatoms. The van der Waals surface area contributed by atoms with Crippen LogP contribution in [0.5, 0.6) is 5.75 Å². The van der Waals surface area contributed by atoms with Gasteiger partial charge in [0, 0.05) is 24.9 Å². The van der Waals surface area contributed by atoms with Gasteiger partial charge in [0.25, 0.3) is 0 Å². The SMILES string of the molecule is CC(=O)c1cc2cccc(OCC(O)CNC(C)C)c2o1. The third-order valence-corrected chi connectivity index (χ3v) is 3.05. The third-order valence-electron chi connectivity index (χ3n) is 3.05. The van der Waals surface area contributed by atoms with Crippen LogP contribution in [0.2, 0.25) is 0 Å². The Hall–Kier alpha value is -1.85. The molecule has 0 amide bonds. The molecule has 5 nitrogen and oxygen atoms in total. The zero-order chi connectivity index (χ0) is 15.4. The minimum atomic E-state index is -0.607. The summed E-state index contributed by atoms with van der Waals surface area (Å²) >= 11 is 0. The molecule has 21 heavy (non-hydrogen) atoms. The van der Waals surface area contributed by atoms with Crippen LogP contribution in [0, 0.1) is 0 Å². The van der Waals surface area contributed by atoms with Crippen molar-refractivity contribution in [1.29, 1.82) is 0 Å². The molecule has 2 aromatic rings. The second kappa shape index (κ2) is 6.74. The highest BCUT2D eigenvalue weighted by molar-refractivity contribution is 5.97. The fourth-order valence-corrected chi connectivity index (χ4v) is 1.94. The number of fused-ring (bicyclic) bond motifs is 1. The molecule has 1 atom stereocenters. The number of benzene rings is 1. The molecule has 0 aliphatic heterocycles. The van der Waals surface area contributed by atoms with Crippen LogP contribution in [-0.4, -0.2) is 36.2 Å². The number of ketones is 1. The molecule has 114 valence electrons. The Morgan fingerprint density at radius 2 is 2.19 bits per heavy atom. The van der Waals surface area contributed by atoms with Crippen molar-refractivity contribution in [2.45, 2.75) is 32.9 Å². The van der Waals surface area contributed by atoms with Gasteiger partial charge < -0.3 is 19.6 Å². The Balaban J connectivity index is 2.06. The van der Waals surface area contributed by atoms with E-state index in [0.717, 1.165) is 5.39 Å². The molecular formula is C16H21NO4. The van der Waals surface area contributed by atoms with Gasteiger partial charge in [0.05, 0.1) is 0 Å². The van der Waals surface area contributed by atoms with Crippen LogP contribution in [0.25, 0.3) is 11.0 Å². The van der Waals surface area contributed by atoms with E-state index >= 15 is 0 Å².